The minimum atomic E-state index is -1.63. The van der Waals surface area contributed by atoms with Gasteiger partial charge in [-0.05, 0) is 42.2 Å². The summed E-state index contributed by atoms with van der Waals surface area (Å²) >= 11 is 0. The first-order valence-corrected chi connectivity index (χ1v) is 10.3. The van der Waals surface area contributed by atoms with Crippen LogP contribution in [0, 0.1) is 19.7 Å². The number of rotatable bonds is 6. The number of amides is 3. The van der Waals surface area contributed by atoms with Gasteiger partial charge in [0.05, 0.1) is 12.1 Å². The fourth-order valence-electron chi connectivity index (χ4n) is 3.74. The Hall–Kier alpha value is -4.01. The summed E-state index contributed by atoms with van der Waals surface area (Å²) in [6.45, 7) is 3.24. The maximum atomic E-state index is 15.2. The van der Waals surface area contributed by atoms with E-state index in [-0.39, 0.29) is 18.7 Å². The highest BCUT2D eigenvalue weighted by Gasteiger charge is 2.41. The molecule has 3 rings (SSSR count). The standard InChI is InChI=1S/C24H24FN3O5/c1-14-6-4-5-7-16(14)17-8-9-18(25)21(15(17)2)28(24(33)26-12-10-20(30)31)22-19(29)11-13-27(3)23(22)32/h4-9,11,13,22H,10,12H2,1-3H3,(H,26,33)(H,30,31)/t22-/m0/s1. The van der Waals surface area contributed by atoms with Crippen LogP contribution in [0.3, 0.4) is 0 Å². The van der Waals surface area contributed by atoms with Crippen molar-refractivity contribution in [2.75, 3.05) is 18.5 Å². The fourth-order valence-corrected chi connectivity index (χ4v) is 3.74. The maximum Gasteiger partial charge on any atom is 0.323 e. The first-order valence-electron chi connectivity index (χ1n) is 10.3. The molecule has 3 amide bonds. The van der Waals surface area contributed by atoms with Gasteiger partial charge in [-0.3, -0.25) is 19.3 Å². The van der Waals surface area contributed by atoms with Gasteiger partial charge in [0.25, 0.3) is 5.91 Å². The first kappa shape index (κ1) is 23.6. The smallest absolute Gasteiger partial charge is 0.323 e. The number of carbonyl (C=O) groups is 4. The number of halogens is 1. The Morgan fingerprint density at radius 2 is 1.82 bits per heavy atom. The molecule has 1 aliphatic rings. The van der Waals surface area contributed by atoms with Crippen molar-refractivity contribution < 1.29 is 28.7 Å². The SMILES string of the molecule is Cc1ccccc1-c1ccc(F)c(N(C(=O)NCCC(=O)O)[C@H]2C(=O)C=CN(C)C2=O)c1C. The second kappa shape index (κ2) is 9.64. The number of likely N-dealkylation sites (N-methyl/N-ethyl adjacent to an activating group) is 1. The van der Waals surface area contributed by atoms with Crippen molar-refractivity contribution in [3.05, 3.63) is 65.6 Å². The van der Waals surface area contributed by atoms with Gasteiger partial charge >= 0.3 is 12.0 Å². The number of hydrogen-bond acceptors (Lipinski definition) is 4. The van der Waals surface area contributed by atoms with Gasteiger partial charge in [-0.1, -0.05) is 30.3 Å². The van der Waals surface area contributed by atoms with Gasteiger partial charge in [0, 0.05) is 25.9 Å². The van der Waals surface area contributed by atoms with Crippen molar-refractivity contribution in [1.29, 1.82) is 0 Å². The molecule has 172 valence electrons. The molecule has 2 aromatic rings. The molecular formula is C24H24FN3O5. The zero-order valence-electron chi connectivity index (χ0n) is 18.5. The lowest BCUT2D eigenvalue weighted by atomic mass is 9.94. The summed E-state index contributed by atoms with van der Waals surface area (Å²) in [7, 11) is 1.42. The Bertz CT molecular complexity index is 1160. The van der Waals surface area contributed by atoms with Crippen molar-refractivity contribution in [2.45, 2.75) is 26.3 Å². The highest BCUT2D eigenvalue weighted by molar-refractivity contribution is 6.19. The number of nitrogens with one attached hydrogen (secondary N) is 1. The molecule has 1 atom stereocenters. The van der Waals surface area contributed by atoms with Gasteiger partial charge in [0.15, 0.2) is 11.8 Å². The maximum absolute atomic E-state index is 15.2. The van der Waals surface area contributed by atoms with E-state index >= 15 is 4.39 Å². The molecule has 0 saturated carbocycles. The van der Waals surface area contributed by atoms with Crippen LogP contribution in [-0.4, -0.2) is 53.3 Å². The summed E-state index contributed by atoms with van der Waals surface area (Å²) in [5.41, 5.74) is 2.49. The second-order valence-corrected chi connectivity index (χ2v) is 7.70. The number of carbonyl (C=O) groups excluding carboxylic acids is 3. The molecular weight excluding hydrogens is 429 g/mol. The Morgan fingerprint density at radius 1 is 1.12 bits per heavy atom. The van der Waals surface area contributed by atoms with Crippen LogP contribution < -0.4 is 10.2 Å². The topological polar surface area (TPSA) is 107 Å². The van der Waals surface area contributed by atoms with Crippen molar-refractivity contribution in [3.8, 4) is 11.1 Å². The molecule has 9 heteroatoms. The van der Waals surface area contributed by atoms with E-state index in [9.17, 15) is 19.2 Å². The Morgan fingerprint density at radius 3 is 2.48 bits per heavy atom. The van der Waals surface area contributed by atoms with Gasteiger partial charge in [0.2, 0.25) is 0 Å². The summed E-state index contributed by atoms with van der Waals surface area (Å²) in [5.74, 6) is -3.34. The van der Waals surface area contributed by atoms with E-state index < -0.39 is 35.5 Å². The van der Waals surface area contributed by atoms with Gasteiger partial charge in [-0.25, -0.2) is 9.18 Å². The van der Waals surface area contributed by atoms with Crippen LogP contribution in [0.1, 0.15) is 17.5 Å². The van der Waals surface area contributed by atoms with Crippen LogP contribution in [-0.2, 0) is 14.4 Å². The third kappa shape index (κ3) is 4.77. The molecule has 8 nitrogen and oxygen atoms in total. The summed E-state index contributed by atoms with van der Waals surface area (Å²) in [6.07, 6.45) is 2.04. The average molecular weight is 453 g/mol. The van der Waals surface area contributed by atoms with E-state index in [0.29, 0.717) is 11.1 Å². The number of benzene rings is 2. The number of carboxylic acids is 1. The molecule has 33 heavy (non-hydrogen) atoms. The summed E-state index contributed by atoms with van der Waals surface area (Å²) in [4.78, 5) is 51.5. The van der Waals surface area contributed by atoms with E-state index in [4.69, 9.17) is 5.11 Å². The number of nitrogens with zero attached hydrogens (tertiary/aromatic N) is 2. The third-order valence-corrected chi connectivity index (χ3v) is 5.46. The quantitative estimate of drug-likeness (QED) is 0.654. The minimum absolute atomic E-state index is 0.223. The van der Waals surface area contributed by atoms with Crippen LogP contribution >= 0.6 is 0 Å². The monoisotopic (exact) mass is 453 g/mol. The van der Waals surface area contributed by atoms with E-state index in [1.54, 1.807) is 13.0 Å². The van der Waals surface area contributed by atoms with Crippen LogP contribution in [0.15, 0.2) is 48.7 Å². The van der Waals surface area contributed by atoms with E-state index in [1.807, 2.05) is 31.2 Å². The summed E-state index contributed by atoms with van der Waals surface area (Å²) in [5, 5.41) is 11.3. The molecule has 1 heterocycles. The largest absolute Gasteiger partial charge is 0.481 e. The summed E-state index contributed by atoms with van der Waals surface area (Å²) < 4.78 is 15.2. The number of urea groups is 1. The van der Waals surface area contributed by atoms with Crippen LogP contribution in [0.4, 0.5) is 14.9 Å². The summed E-state index contributed by atoms with van der Waals surface area (Å²) in [6, 6.07) is 7.61. The highest BCUT2D eigenvalue weighted by atomic mass is 19.1. The molecule has 2 aromatic carbocycles. The molecule has 0 bridgehead atoms. The van der Waals surface area contributed by atoms with E-state index in [0.717, 1.165) is 27.0 Å². The lowest BCUT2D eigenvalue weighted by Crippen LogP contribution is -2.58. The minimum Gasteiger partial charge on any atom is -0.481 e. The fraction of sp³-hybridized carbons (Fsp3) is 0.250. The Labute approximate surface area is 190 Å². The normalized spacial score (nSPS) is 15.5. The Kier molecular flexibility index (Phi) is 6.91. The van der Waals surface area contributed by atoms with Gasteiger partial charge in [-0.2, -0.15) is 0 Å². The van der Waals surface area contributed by atoms with Gasteiger partial charge < -0.3 is 15.3 Å². The second-order valence-electron chi connectivity index (χ2n) is 7.70. The molecule has 0 unspecified atom stereocenters. The third-order valence-electron chi connectivity index (χ3n) is 5.46. The molecule has 0 radical (unpaired) electrons. The average Bonchev–Trinajstić information content (AvgIpc) is 2.76. The Balaban J connectivity index is 2.17. The van der Waals surface area contributed by atoms with Crippen molar-refractivity contribution >= 4 is 29.4 Å². The lowest BCUT2D eigenvalue weighted by molar-refractivity contribution is -0.137. The number of hydrogen-bond donors (Lipinski definition) is 2. The van der Waals surface area contributed by atoms with Crippen molar-refractivity contribution in [3.63, 3.8) is 0 Å². The van der Waals surface area contributed by atoms with Crippen LogP contribution in [0.25, 0.3) is 11.1 Å². The van der Waals surface area contributed by atoms with Crippen molar-refractivity contribution in [2.24, 2.45) is 0 Å². The predicted octanol–water partition coefficient (Wildman–Crippen LogP) is 3.02. The number of aliphatic carboxylic acids is 1. The van der Waals surface area contributed by atoms with E-state index in [1.165, 1.54) is 19.3 Å². The molecule has 1 aliphatic heterocycles. The first-order chi connectivity index (χ1) is 15.6. The van der Waals surface area contributed by atoms with Crippen molar-refractivity contribution in [1.82, 2.24) is 10.2 Å². The number of carboxylic acid groups (broad SMARTS) is 1. The predicted molar refractivity (Wildman–Crippen MR) is 120 cm³/mol. The molecule has 0 spiro atoms. The molecule has 2 N–H and O–H groups in total. The highest BCUT2D eigenvalue weighted by Crippen LogP contribution is 2.36. The molecule has 0 saturated heterocycles. The zero-order chi connectivity index (χ0) is 24.3. The molecule has 0 aliphatic carbocycles. The molecule has 0 fully saturated rings. The number of anilines is 1. The van der Waals surface area contributed by atoms with Gasteiger partial charge in [0.1, 0.15) is 5.82 Å². The zero-order valence-corrected chi connectivity index (χ0v) is 18.5. The molecule has 0 aromatic heterocycles. The van der Waals surface area contributed by atoms with E-state index in [2.05, 4.69) is 5.32 Å². The van der Waals surface area contributed by atoms with Crippen LogP contribution in [0.2, 0.25) is 0 Å². The number of aryl methyl sites for hydroxylation is 1. The number of ketones is 1. The van der Waals surface area contributed by atoms with Crippen LogP contribution in [0.5, 0.6) is 0 Å². The van der Waals surface area contributed by atoms with Gasteiger partial charge in [-0.15, -0.1) is 0 Å². The lowest BCUT2D eigenvalue weighted by Gasteiger charge is -2.34.